The van der Waals surface area contributed by atoms with Gasteiger partial charge in [0.15, 0.2) is 6.61 Å². The maximum atomic E-state index is 11.7. The zero-order chi connectivity index (χ0) is 13.0. The molecule has 1 aliphatic rings. The summed E-state index contributed by atoms with van der Waals surface area (Å²) in [5, 5.41) is 0. The molecular formula is C13H14INO3. The molecule has 0 radical (unpaired) electrons. The first kappa shape index (κ1) is 13.3. The van der Waals surface area contributed by atoms with Crippen LogP contribution in [0.25, 0.3) is 0 Å². The fourth-order valence-electron chi connectivity index (χ4n) is 1.88. The minimum atomic E-state index is -0.443. The Kier molecular flexibility index (Phi) is 4.57. The maximum absolute atomic E-state index is 11.7. The van der Waals surface area contributed by atoms with Crippen molar-refractivity contribution >= 4 is 34.5 Å². The molecule has 1 fully saturated rings. The van der Waals surface area contributed by atoms with E-state index in [1.807, 2.05) is 6.07 Å². The second-order valence-electron chi connectivity index (χ2n) is 4.17. The molecule has 1 heterocycles. The summed E-state index contributed by atoms with van der Waals surface area (Å²) in [6, 6.07) is 7.11. The molecule has 4 nitrogen and oxygen atoms in total. The molecule has 0 bridgehead atoms. The first-order valence-electron chi connectivity index (χ1n) is 5.87. The van der Waals surface area contributed by atoms with Gasteiger partial charge in [0, 0.05) is 16.7 Å². The van der Waals surface area contributed by atoms with E-state index in [9.17, 15) is 9.59 Å². The summed E-state index contributed by atoms with van der Waals surface area (Å²) in [7, 11) is 0. The van der Waals surface area contributed by atoms with Gasteiger partial charge in [-0.3, -0.25) is 4.79 Å². The highest BCUT2D eigenvalue weighted by molar-refractivity contribution is 14.1. The van der Waals surface area contributed by atoms with Crippen LogP contribution in [0.5, 0.6) is 0 Å². The van der Waals surface area contributed by atoms with Gasteiger partial charge in [-0.15, -0.1) is 0 Å². The summed E-state index contributed by atoms with van der Waals surface area (Å²) >= 11 is 2.13. The lowest BCUT2D eigenvalue weighted by molar-refractivity contribution is -0.133. The lowest BCUT2D eigenvalue weighted by Gasteiger charge is -2.14. The molecule has 1 aromatic rings. The third-order valence-electron chi connectivity index (χ3n) is 2.85. The van der Waals surface area contributed by atoms with E-state index in [1.54, 1.807) is 23.1 Å². The molecule has 0 aliphatic carbocycles. The van der Waals surface area contributed by atoms with E-state index in [4.69, 9.17) is 4.74 Å². The van der Waals surface area contributed by atoms with Crippen LogP contribution in [-0.4, -0.2) is 36.5 Å². The SMILES string of the molecule is O=C(OCC(=O)N1CCCC1)c1cccc(I)c1. The number of carbonyl (C=O) groups is 2. The van der Waals surface area contributed by atoms with Crippen LogP contribution in [0.15, 0.2) is 24.3 Å². The molecule has 0 N–H and O–H groups in total. The van der Waals surface area contributed by atoms with Crippen molar-refractivity contribution in [3.8, 4) is 0 Å². The molecular weight excluding hydrogens is 345 g/mol. The number of likely N-dealkylation sites (tertiary alicyclic amines) is 1. The topological polar surface area (TPSA) is 46.6 Å². The molecule has 1 amide bonds. The normalized spacial score (nSPS) is 14.6. The third-order valence-corrected chi connectivity index (χ3v) is 3.52. The van der Waals surface area contributed by atoms with Crippen molar-refractivity contribution in [2.24, 2.45) is 0 Å². The highest BCUT2D eigenvalue weighted by Gasteiger charge is 2.19. The number of benzene rings is 1. The van der Waals surface area contributed by atoms with Crippen LogP contribution >= 0.6 is 22.6 Å². The Balaban J connectivity index is 1.86. The second kappa shape index (κ2) is 6.17. The van der Waals surface area contributed by atoms with Crippen molar-refractivity contribution in [1.82, 2.24) is 4.90 Å². The number of nitrogens with zero attached hydrogens (tertiary/aromatic N) is 1. The number of esters is 1. The van der Waals surface area contributed by atoms with Gasteiger partial charge < -0.3 is 9.64 Å². The number of halogens is 1. The molecule has 1 saturated heterocycles. The molecule has 18 heavy (non-hydrogen) atoms. The van der Waals surface area contributed by atoms with Gasteiger partial charge in [0.1, 0.15) is 0 Å². The smallest absolute Gasteiger partial charge is 0.338 e. The van der Waals surface area contributed by atoms with Crippen molar-refractivity contribution in [1.29, 1.82) is 0 Å². The molecule has 0 atom stereocenters. The molecule has 5 heteroatoms. The van der Waals surface area contributed by atoms with Gasteiger partial charge in [-0.2, -0.15) is 0 Å². The molecule has 1 aliphatic heterocycles. The van der Waals surface area contributed by atoms with E-state index in [0.29, 0.717) is 5.56 Å². The van der Waals surface area contributed by atoms with Crippen molar-refractivity contribution in [3.05, 3.63) is 33.4 Å². The molecule has 1 aromatic carbocycles. The molecule has 0 spiro atoms. The van der Waals surface area contributed by atoms with Crippen LogP contribution in [0.2, 0.25) is 0 Å². The van der Waals surface area contributed by atoms with E-state index < -0.39 is 5.97 Å². The van der Waals surface area contributed by atoms with Crippen molar-refractivity contribution in [2.75, 3.05) is 19.7 Å². The standard InChI is InChI=1S/C13H14INO3/c14-11-5-3-4-10(8-11)13(17)18-9-12(16)15-6-1-2-7-15/h3-5,8H,1-2,6-7,9H2. The third kappa shape index (κ3) is 3.44. The number of hydrogen-bond acceptors (Lipinski definition) is 3. The average molecular weight is 359 g/mol. The van der Waals surface area contributed by atoms with Gasteiger partial charge in [-0.1, -0.05) is 6.07 Å². The molecule has 0 unspecified atom stereocenters. The van der Waals surface area contributed by atoms with Crippen LogP contribution in [0, 0.1) is 3.57 Å². The van der Waals surface area contributed by atoms with Gasteiger partial charge >= 0.3 is 5.97 Å². The quantitative estimate of drug-likeness (QED) is 0.613. The first-order valence-corrected chi connectivity index (χ1v) is 6.95. The molecule has 2 rings (SSSR count). The Labute approximate surface area is 119 Å². The number of rotatable bonds is 3. The van der Waals surface area contributed by atoms with Crippen LogP contribution in [-0.2, 0) is 9.53 Å². The number of amides is 1. The number of carbonyl (C=O) groups excluding carboxylic acids is 2. The molecule has 0 saturated carbocycles. The Hall–Kier alpha value is -1.11. The summed E-state index contributed by atoms with van der Waals surface area (Å²) in [4.78, 5) is 25.2. The van der Waals surface area contributed by atoms with Gasteiger partial charge in [-0.25, -0.2) is 4.79 Å². The number of ether oxygens (including phenoxy) is 1. The summed E-state index contributed by atoms with van der Waals surface area (Å²) in [6.45, 7) is 1.39. The fourth-order valence-corrected chi connectivity index (χ4v) is 2.43. The minimum Gasteiger partial charge on any atom is -0.452 e. The van der Waals surface area contributed by atoms with Gasteiger partial charge in [-0.05, 0) is 53.6 Å². The van der Waals surface area contributed by atoms with E-state index in [2.05, 4.69) is 22.6 Å². The van der Waals surface area contributed by atoms with Gasteiger partial charge in [0.05, 0.1) is 5.56 Å². The van der Waals surface area contributed by atoms with Crippen LogP contribution in [0.3, 0.4) is 0 Å². The molecule has 96 valence electrons. The largest absolute Gasteiger partial charge is 0.452 e. The van der Waals surface area contributed by atoms with Gasteiger partial charge in [0.25, 0.3) is 5.91 Å². The summed E-state index contributed by atoms with van der Waals surface area (Å²) in [5.74, 6) is -0.549. The van der Waals surface area contributed by atoms with Crippen LogP contribution in [0.4, 0.5) is 0 Å². The van der Waals surface area contributed by atoms with Crippen LogP contribution < -0.4 is 0 Å². The second-order valence-corrected chi connectivity index (χ2v) is 5.42. The first-order chi connectivity index (χ1) is 8.66. The van der Waals surface area contributed by atoms with Crippen molar-refractivity contribution < 1.29 is 14.3 Å². The fraction of sp³-hybridized carbons (Fsp3) is 0.385. The van der Waals surface area contributed by atoms with Gasteiger partial charge in [0.2, 0.25) is 0 Å². The predicted molar refractivity (Wildman–Crippen MR) is 75.3 cm³/mol. The van der Waals surface area contributed by atoms with E-state index in [0.717, 1.165) is 29.5 Å². The summed E-state index contributed by atoms with van der Waals surface area (Å²) in [5.41, 5.74) is 0.483. The zero-order valence-corrected chi connectivity index (χ0v) is 12.1. The predicted octanol–water partition coefficient (Wildman–Crippen LogP) is 2.07. The monoisotopic (exact) mass is 359 g/mol. The highest BCUT2D eigenvalue weighted by Crippen LogP contribution is 2.10. The summed E-state index contributed by atoms with van der Waals surface area (Å²) in [6.07, 6.45) is 2.08. The Morgan fingerprint density at radius 1 is 1.28 bits per heavy atom. The minimum absolute atomic E-state index is 0.105. The summed E-state index contributed by atoms with van der Waals surface area (Å²) < 4.78 is 5.99. The Bertz CT molecular complexity index is 455. The Morgan fingerprint density at radius 3 is 2.67 bits per heavy atom. The highest BCUT2D eigenvalue weighted by atomic mass is 127. The van der Waals surface area contributed by atoms with E-state index in [-0.39, 0.29) is 12.5 Å². The average Bonchev–Trinajstić information content (AvgIpc) is 2.89. The van der Waals surface area contributed by atoms with Crippen molar-refractivity contribution in [3.63, 3.8) is 0 Å². The van der Waals surface area contributed by atoms with E-state index >= 15 is 0 Å². The number of hydrogen-bond donors (Lipinski definition) is 0. The Morgan fingerprint density at radius 2 is 2.00 bits per heavy atom. The lowest BCUT2D eigenvalue weighted by atomic mass is 10.2. The van der Waals surface area contributed by atoms with Crippen molar-refractivity contribution in [2.45, 2.75) is 12.8 Å². The zero-order valence-electron chi connectivity index (χ0n) is 9.89. The molecule has 0 aromatic heterocycles. The van der Waals surface area contributed by atoms with Crippen LogP contribution in [0.1, 0.15) is 23.2 Å². The lowest BCUT2D eigenvalue weighted by Crippen LogP contribution is -2.32. The van der Waals surface area contributed by atoms with E-state index in [1.165, 1.54) is 0 Å². The maximum Gasteiger partial charge on any atom is 0.338 e.